The molecule has 0 bridgehead atoms. The summed E-state index contributed by atoms with van der Waals surface area (Å²) in [5, 5.41) is 3.49. The third kappa shape index (κ3) is 2.87. The van der Waals surface area contributed by atoms with Crippen LogP contribution < -0.4 is 10.9 Å². The highest BCUT2D eigenvalue weighted by Crippen LogP contribution is 2.41. The zero-order chi connectivity index (χ0) is 16.7. The van der Waals surface area contributed by atoms with E-state index < -0.39 is 23.0 Å². The molecule has 22 heavy (non-hydrogen) atoms. The van der Waals surface area contributed by atoms with Crippen molar-refractivity contribution in [2.45, 2.75) is 32.4 Å². The van der Waals surface area contributed by atoms with Gasteiger partial charge in [0.15, 0.2) is 5.13 Å². The molecule has 0 unspecified atom stereocenters. The van der Waals surface area contributed by atoms with E-state index in [1.165, 1.54) is 23.5 Å². The lowest BCUT2D eigenvalue weighted by Gasteiger charge is -2.26. The third-order valence-electron chi connectivity index (χ3n) is 3.37. The monoisotopic (exact) mass is 332 g/mol. The van der Waals surface area contributed by atoms with Crippen molar-refractivity contribution >= 4 is 16.5 Å². The fourth-order valence-electron chi connectivity index (χ4n) is 1.83. The second-order valence-corrected chi connectivity index (χ2v) is 6.33. The van der Waals surface area contributed by atoms with Crippen molar-refractivity contribution in [3.8, 4) is 10.4 Å². The Morgan fingerprint density at radius 3 is 2.41 bits per heavy atom. The number of thiazole rings is 1. The summed E-state index contributed by atoms with van der Waals surface area (Å²) in [5.41, 5.74) is -2.06. The predicted molar refractivity (Wildman–Crippen MR) is 79.5 cm³/mol. The van der Waals surface area contributed by atoms with Crippen molar-refractivity contribution in [1.29, 1.82) is 0 Å². The lowest BCUT2D eigenvalue weighted by atomic mass is 9.88. The SMILES string of the molecule is CNc1nc(C)c(-c2cc(C(C)(C)C(F)(F)F)oc(=O)c2)s1. The number of rotatable bonds is 3. The predicted octanol–water partition coefficient (Wildman–Crippen LogP) is 3.95. The summed E-state index contributed by atoms with van der Waals surface area (Å²) in [6.07, 6.45) is -4.53. The lowest BCUT2D eigenvalue weighted by Crippen LogP contribution is -2.37. The topological polar surface area (TPSA) is 55.1 Å². The second kappa shape index (κ2) is 5.42. The fourth-order valence-corrected chi connectivity index (χ4v) is 2.73. The van der Waals surface area contributed by atoms with Gasteiger partial charge in [0.05, 0.1) is 10.6 Å². The zero-order valence-electron chi connectivity index (χ0n) is 12.5. The summed E-state index contributed by atoms with van der Waals surface area (Å²) in [6, 6.07) is 2.44. The highest BCUT2D eigenvalue weighted by atomic mass is 32.1. The molecule has 0 atom stereocenters. The quantitative estimate of drug-likeness (QED) is 0.924. The molecule has 2 aromatic heterocycles. The van der Waals surface area contributed by atoms with E-state index in [9.17, 15) is 18.0 Å². The number of anilines is 1. The van der Waals surface area contributed by atoms with Gasteiger partial charge in [-0.05, 0) is 26.8 Å². The van der Waals surface area contributed by atoms with Gasteiger partial charge in [-0.1, -0.05) is 11.3 Å². The minimum atomic E-state index is -4.53. The van der Waals surface area contributed by atoms with Gasteiger partial charge in [0, 0.05) is 18.7 Å². The first kappa shape index (κ1) is 16.5. The van der Waals surface area contributed by atoms with Crippen LogP contribution in [-0.4, -0.2) is 18.2 Å². The molecule has 8 heteroatoms. The maximum Gasteiger partial charge on any atom is 0.400 e. The molecule has 120 valence electrons. The van der Waals surface area contributed by atoms with E-state index in [2.05, 4.69) is 10.3 Å². The van der Waals surface area contributed by atoms with E-state index in [-0.39, 0.29) is 0 Å². The summed E-state index contributed by atoms with van der Waals surface area (Å²) in [5.74, 6) is -0.415. The van der Waals surface area contributed by atoms with Crippen LogP contribution in [0.2, 0.25) is 0 Å². The molecular weight excluding hydrogens is 317 g/mol. The molecule has 1 N–H and O–H groups in total. The molecule has 0 saturated heterocycles. The lowest BCUT2D eigenvalue weighted by molar-refractivity contribution is -0.185. The first-order valence-corrected chi connectivity index (χ1v) is 7.26. The van der Waals surface area contributed by atoms with E-state index in [4.69, 9.17) is 4.42 Å². The summed E-state index contributed by atoms with van der Waals surface area (Å²) in [4.78, 5) is 16.5. The number of hydrogen-bond donors (Lipinski definition) is 1. The number of halogens is 3. The van der Waals surface area contributed by atoms with Crippen LogP contribution in [0.5, 0.6) is 0 Å². The Morgan fingerprint density at radius 2 is 1.91 bits per heavy atom. The van der Waals surface area contributed by atoms with E-state index in [0.717, 1.165) is 13.8 Å². The maximum absolute atomic E-state index is 13.1. The molecule has 2 heterocycles. The standard InChI is InChI=1S/C14H15F3N2O2S/c1-7-11(22-12(18-4)19-7)8-5-9(21-10(20)6-8)13(2,3)14(15,16)17/h5-6H,1-4H3,(H,18,19). The first-order chi connectivity index (χ1) is 10.1. The van der Waals surface area contributed by atoms with Crippen molar-refractivity contribution in [3.05, 3.63) is 34.0 Å². The minimum Gasteiger partial charge on any atom is -0.427 e. The number of aromatic nitrogens is 1. The van der Waals surface area contributed by atoms with Crippen LogP contribution in [0.15, 0.2) is 21.3 Å². The van der Waals surface area contributed by atoms with Crippen molar-refractivity contribution in [2.24, 2.45) is 0 Å². The van der Waals surface area contributed by atoms with Gasteiger partial charge in [0.2, 0.25) is 0 Å². The van der Waals surface area contributed by atoms with Crippen LogP contribution in [0.1, 0.15) is 25.3 Å². The molecule has 0 saturated carbocycles. The van der Waals surface area contributed by atoms with Crippen LogP contribution in [0, 0.1) is 6.92 Å². The molecule has 0 radical (unpaired) electrons. The number of aryl methyl sites for hydroxylation is 1. The average molecular weight is 332 g/mol. The van der Waals surface area contributed by atoms with Crippen molar-refractivity contribution < 1.29 is 17.6 Å². The molecule has 0 aliphatic rings. The van der Waals surface area contributed by atoms with Crippen LogP contribution in [0.4, 0.5) is 18.3 Å². The van der Waals surface area contributed by atoms with Gasteiger partial charge in [-0.2, -0.15) is 13.2 Å². The fraction of sp³-hybridized carbons (Fsp3) is 0.429. The average Bonchev–Trinajstić information content (AvgIpc) is 2.78. The van der Waals surface area contributed by atoms with Crippen LogP contribution in [0.25, 0.3) is 10.4 Å². The van der Waals surface area contributed by atoms with Crippen LogP contribution >= 0.6 is 11.3 Å². The van der Waals surface area contributed by atoms with E-state index in [1.54, 1.807) is 14.0 Å². The number of nitrogens with one attached hydrogen (secondary N) is 1. The molecule has 2 rings (SSSR count). The smallest absolute Gasteiger partial charge is 0.400 e. The van der Waals surface area contributed by atoms with Crippen LogP contribution in [-0.2, 0) is 5.41 Å². The molecule has 0 aliphatic heterocycles. The molecule has 0 spiro atoms. The summed E-state index contributed by atoms with van der Waals surface area (Å²) in [6.45, 7) is 3.69. The molecule has 0 amide bonds. The third-order valence-corrected chi connectivity index (χ3v) is 4.59. The highest BCUT2D eigenvalue weighted by Gasteiger charge is 2.50. The largest absolute Gasteiger partial charge is 0.427 e. The van der Waals surface area contributed by atoms with E-state index in [0.29, 0.717) is 21.3 Å². The van der Waals surface area contributed by atoms with Gasteiger partial charge in [0.1, 0.15) is 11.2 Å². The molecular formula is C14H15F3N2O2S. The van der Waals surface area contributed by atoms with Gasteiger partial charge >= 0.3 is 11.8 Å². The molecule has 0 fully saturated rings. The normalized spacial score (nSPS) is 12.5. The summed E-state index contributed by atoms with van der Waals surface area (Å²) >= 11 is 1.26. The van der Waals surface area contributed by atoms with Crippen molar-refractivity contribution in [2.75, 3.05) is 12.4 Å². The van der Waals surface area contributed by atoms with Gasteiger partial charge in [-0.3, -0.25) is 0 Å². The van der Waals surface area contributed by atoms with Crippen molar-refractivity contribution in [3.63, 3.8) is 0 Å². The Bertz CT molecular complexity index is 747. The Labute approximate surface area is 129 Å². The number of alkyl halides is 3. The van der Waals surface area contributed by atoms with E-state index in [1.807, 2.05) is 0 Å². The molecule has 0 aliphatic carbocycles. The van der Waals surface area contributed by atoms with Crippen molar-refractivity contribution in [1.82, 2.24) is 4.98 Å². The van der Waals surface area contributed by atoms with Gasteiger partial charge in [0.25, 0.3) is 0 Å². The van der Waals surface area contributed by atoms with Crippen LogP contribution in [0.3, 0.4) is 0 Å². The summed E-state index contributed by atoms with van der Waals surface area (Å²) in [7, 11) is 1.69. The molecule has 4 nitrogen and oxygen atoms in total. The van der Waals surface area contributed by atoms with Gasteiger partial charge < -0.3 is 9.73 Å². The zero-order valence-corrected chi connectivity index (χ0v) is 13.3. The minimum absolute atomic E-state index is 0.375. The Balaban J connectivity index is 2.61. The number of hydrogen-bond acceptors (Lipinski definition) is 5. The first-order valence-electron chi connectivity index (χ1n) is 6.44. The van der Waals surface area contributed by atoms with Gasteiger partial charge in [-0.15, -0.1) is 0 Å². The Kier molecular flexibility index (Phi) is 4.08. The highest BCUT2D eigenvalue weighted by molar-refractivity contribution is 7.19. The Hall–Kier alpha value is -1.83. The Morgan fingerprint density at radius 1 is 1.27 bits per heavy atom. The second-order valence-electron chi connectivity index (χ2n) is 5.34. The van der Waals surface area contributed by atoms with E-state index >= 15 is 0 Å². The maximum atomic E-state index is 13.1. The summed E-state index contributed by atoms with van der Waals surface area (Å²) < 4.78 is 44.2. The number of nitrogens with zero attached hydrogens (tertiary/aromatic N) is 1. The van der Waals surface area contributed by atoms with Gasteiger partial charge in [-0.25, -0.2) is 9.78 Å². The molecule has 2 aromatic rings. The molecule has 0 aromatic carbocycles.